The number of hydrogen-bond acceptors (Lipinski definition) is 0. The van der Waals surface area contributed by atoms with E-state index in [0.29, 0.717) is 0 Å². The van der Waals surface area contributed by atoms with Gasteiger partial charge in [0.2, 0.25) is 0 Å². The molecule has 0 aliphatic carbocycles. The lowest BCUT2D eigenvalue weighted by atomic mass is 10.2. The van der Waals surface area contributed by atoms with Crippen molar-refractivity contribution in [3.8, 4) is 0 Å². The quantitative estimate of drug-likeness (QED) is 0.520. The molecule has 0 aromatic heterocycles. The molecule has 0 heterocycles. The first kappa shape index (κ1) is 8.96. The van der Waals surface area contributed by atoms with Crippen molar-refractivity contribution in [2.24, 2.45) is 0 Å². The van der Waals surface area contributed by atoms with Crippen molar-refractivity contribution in [3.05, 3.63) is 48.6 Å². The normalized spacial score (nSPS) is 9.40. The van der Waals surface area contributed by atoms with Crippen LogP contribution in [0.5, 0.6) is 0 Å². The van der Waals surface area contributed by atoms with E-state index in [1.807, 2.05) is 32.1 Å². The van der Waals surface area contributed by atoms with Crippen molar-refractivity contribution in [2.45, 2.75) is 13.8 Å². The maximum Gasteiger partial charge on any atom is -0.0329 e. The average molecular weight is 134 g/mol. The third-order valence-electron chi connectivity index (χ3n) is 0.920. The predicted molar refractivity (Wildman–Crippen MR) is 47.9 cm³/mol. The summed E-state index contributed by atoms with van der Waals surface area (Å²) < 4.78 is 0. The highest BCUT2D eigenvalue weighted by molar-refractivity contribution is 5.30. The lowest BCUT2D eigenvalue weighted by Crippen LogP contribution is -1.68. The third-order valence-corrected chi connectivity index (χ3v) is 0.920. The van der Waals surface area contributed by atoms with Crippen LogP contribution in [0.2, 0.25) is 0 Å². The maximum atomic E-state index is 3.82. The highest BCUT2D eigenvalue weighted by Crippen LogP contribution is 1.99. The number of rotatable bonds is 3. The van der Waals surface area contributed by atoms with Crippen molar-refractivity contribution in [1.29, 1.82) is 0 Å². The fourth-order valence-corrected chi connectivity index (χ4v) is 0.611. The van der Waals surface area contributed by atoms with E-state index in [1.54, 1.807) is 6.08 Å². The van der Waals surface area contributed by atoms with Crippen LogP contribution in [-0.4, -0.2) is 0 Å². The van der Waals surface area contributed by atoms with Gasteiger partial charge in [0.25, 0.3) is 0 Å². The summed E-state index contributed by atoms with van der Waals surface area (Å²) >= 11 is 0. The Kier molecular flexibility index (Phi) is 4.30. The summed E-state index contributed by atoms with van der Waals surface area (Å²) in [6.07, 6.45) is 7.58. The van der Waals surface area contributed by atoms with Crippen molar-refractivity contribution < 1.29 is 0 Å². The standard InChI is InChI=1S/C10H14/c1-5-6-7-10(4)8-9(2)3/h5-8H,1,4H2,2-3H3. The molecular formula is C10H14. The first-order valence-electron chi connectivity index (χ1n) is 3.29. The zero-order valence-corrected chi connectivity index (χ0v) is 6.72. The second kappa shape index (κ2) is 4.80. The molecule has 54 valence electrons. The molecule has 0 radical (unpaired) electrons. The van der Waals surface area contributed by atoms with Gasteiger partial charge >= 0.3 is 0 Å². The molecule has 0 N–H and O–H groups in total. The number of hydrogen-bond donors (Lipinski definition) is 0. The fraction of sp³-hybridized carbons (Fsp3) is 0.200. The molecule has 0 heteroatoms. The van der Waals surface area contributed by atoms with Gasteiger partial charge in [-0.1, -0.05) is 43.0 Å². The van der Waals surface area contributed by atoms with E-state index in [4.69, 9.17) is 0 Å². The Labute approximate surface area is 63.3 Å². The smallest absolute Gasteiger partial charge is 0.0329 e. The molecule has 0 bridgehead atoms. The van der Waals surface area contributed by atoms with Gasteiger partial charge in [-0.2, -0.15) is 0 Å². The minimum absolute atomic E-state index is 1.01. The van der Waals surface area contributed by atoms with Gasteiger partial charge in [-0.25, -0.2) is 0 Å². The van der Waals surface area contributed by atoms with Crippen LogP contribution < -0.4 is 0 Å². The second-order valence-corrected chi connectivity index (χ2v) is 2.39. The molecule has 0 aliphatic heterocycles. The van der Waals surface area contributed by atoms with Crippen LogP contribution in [-0.2, 0) is 0 Å². The molecule has 10 heavy (non-hydrogen) atoms. The Morgan fingerprint density at radius 2 is 1.90 bits per heavy atom. The molecule has 0 amide bonds. The molecule has 0 saturated heterocycles. The minimum atomic E-state index is 1.01. The van der Waals surface area contributed by atoms with Crippen LogP contribution >= 0.6 is 0 Å². The van der Waals surface area contributed by atoms with E-state index in [-0.39, 0.29) is 0 Å². The molecule has 0 aromatic rings. The fourth-order valence-electron chi connectivity index (χ4n) is 0.611. The third kappa shape index (κ3) is 5.10. The summed E-state index contributed by atoms with van der Waals surface area (Å²) in [6, 6.07) is 0. The SMILES string of the molecule is C=CC=CC(=C)C=C(C)C. The van der Waals surface area contributed by atoms with E-state index >= 15 is 0 Å². The van der Waals surface area contributed by atoms with Crippen molar-refractivity contribution in [1.82, 2.24) is 0 Å². The zero-order chi connectivity index (χ0) is 7.98. The van der Waals surface area contributed by atoms with E-state index in [9.17, 15) is 0 Å². The molecule has 0 saturated carbocycles. The summed E-state index contributed by atoms with van der Waals surface area (Å²) in [5.41, 5.74) is 2.28. The van der Waals surface area contributed by atoms with E-state index in [0.717, 1.165) is 5.57 Å². The van der Waals surface area contributed by atoms with E-state index < -0.39 is 0 Å². The van der Waals surface area contributed by atoms with Gasteiger partial charge in [-0.15, -0.1) is 0 Å². The van der Waals surface area contributed by atoms with Gasteiger partial charge in [0, 0.05) is 0 Å². The van der Waals surface area contributed by atoms with Crippen LogP contribution in [0.25, 0.3) is 0 Å². The molecule has 0 nitrogen and oxygen atoms in total. The maximum absolute atomic E-state index is 3.82. The lowest BCUT2D eigenvalue weighted by Gasteiger charge is -1.89. The van der Waals surface area contributed by atoms with Gasteiger partial charge in [-0.05, 0) is 19.4 Å². The monoisotopic (exact) mass is 134 g/mol. The van der Waals surface area contributed by atoms with Crippen molar-refractivity contribution in [2.75, 3.05) is 0 Å². The van der Waals surface area contributed by atoms with E-state index in [2.05, 4.69) is 13.2 Å². The molecule has 0 spiro atoms. The Morgan fingerprint density at radius 1 is 1.30 bits per heavy atom. The topological polar surface area (TPSA) is 0 Å². The average Bonchev–Trinajstić information content (AvgIpc) is 1.82. The van der Waals surface area contributed by atoms with E-state index in [1.165, 1.54) is 5.57 Å². The Morgan fingerprint density at radius 3 is 2.30 bits per heavy atom. The Hall–Kier alpha value is -1.04. The summed E-state index contributed by atoms with van der Waals surface area (Å²) in [5, 5.41) is 0. The minimum Gasteiger partial charge on any atom is -0.0991 e. The van der Waals surface area contributed by atoms with Crippen LogP contribution in [0, 0.1) is 0 Å². The van der Waals surface area contributed by atoms with Gasteiger partial charge in [0.1, 0.15) is 0 Å². The highest BCUT2D eigenvalue weighted by atomic mass is 13.9. The highest BCUT2D eigenvalue weighted by Gasteiger charge is 1.79. The van der Waals surface area contributed by atoms with Crippen molar-refractivity contribution in [3.63, 3.8) is 0 Å². The molecule has 0 atom stereocenters. The van der Waals surface area contributed by atoms with Crippen molar-refractivity contribution >= 4 is 0 Å². The van der Waals surface area contributed by atoms with Gasteiger partial charge in [-0.3, -0.25) is 0 Å². The largest absolute Gasteiger partial charge is 0.0991 e. The second-order valence-electron chi connectivity index (χ2n) is 2.39. The Bertz CT molecular complexity index is 176. The molecule has 0 rings (SSSR count). The summed E-state index contributed by atoms with van der Waals surface area (Å²) in [4.78, 5) is 0. The summed E-state index contributed by atoms with van der Waals surface area (Å²) in [5.74, 6) is 0. The van der Waals surface area contributed by atoms with Crippen LogP contribution in [0.4, 0.5) is 0 Å². The summed E-state index contributed by atoms with van der Waals surface area (Å²) in [6.45, 7) is 11.5. The number of allylic oxidation sites excluding steroid dienone is 6. The summed E-state index contributed by atoms with van der Waals surface area (Å²) in [7, 11) is 0. The molecule has 0 aromatic carbocycles. The van der Waals surface area contributed by atoms with Crippen LogP contribution in [0.3, 0.4) is 0 Å². The van der Waals surface area contributed by atoms with Crippen LogP contribution in [0.1, 0.15) is 13.8 Å². The molecule has 0 unspecified atom stereocenters. The molecule has 0 aliphatic rings. The molecular weight excluding hydrogens is 120 g/mol. The van der Waals surface area contributed by atoms with Gasteiger partial charge < -0.3 is 0 Å². The van der Waals surface area contributed by atoms with Crippen LogP contribution in [0.15, 0.2) is 48.6 Å². The zero-order valence-electron chi connectivity index (χ0n) is 6.72. The van der Waals surface area contributed by atoms with Gasteiger partial charge in [0.05, 0.1) is 0 Å². The molecule has 0 fully saturated rings. The Balaban J connectivity index is 3.99. The first-order valence-corrected chi connectivity index (χ1v) is 3.29. The lowest BCUT2D eigenvalue weighted by molar-refractivity contribution is 1.38. The first-order chi connectivity index (χ1) is 4.66. The van der Waals surface area contributed by atoms with Gasteiger partial charge in [0.15, 0.2) is 0 Å². The predicted octanol–water partition coefficient (Wildman–Crippen LogP) is 3.25.